The minimum absolute atomic E-state index is 0. The second-order valence-electron chi connectivity index (χ2n) is 5.02. The molecule has 6 heteroatoms. The molecule has 0 fully saturated rings. The van der Waals surface area contributed by atoms with E-state index >= 15 is 0 Å². The number of hydrogen-bond acceptors (Lipinski definition) is 4. The van der Waals surface area contributed by atoms with Gasteiger partial charge in [-0.25, -0.2) is 4.79 Å². The van der Waals surface area contributed by atoms with Gasteiger partial charge in [-0.1, -0.05) is 18.2 Å². The van der Waals surface area contributed by atoms with E-state index < -0.39 is 5.97 Å². The molecule has 0 radical (unpaired) electrons. The van der Waals surface area contributed by atoms with Crippen molar-refractivity contribution in [1.82, 2.24) is 5.32 Å². The maximum atomic E-state index is 10.8. The fourth-order valence-corrected chi connectivity index (χ4v) is 2.21. The van der Waals surface area contributed by atoms with Crippen LogP contribution in [0.15, 0.2) is 42.5 Å². The Hall–Kier alpha value is -2.24. The fraction of sp³-hybridized carbons (Fsp3) is 0.278. The van der Waals surface area contributed by atoms with E-state index in [1.807, 2.05) is 37.3 Å². The van der Waals surface area contributed by atoms with Gasteiger partial charge in [0, 0.05) is 13.1 Å². The zero-order valence-corrected chi connectivity index (χ0v) is 14.6. The largest absolute Gasteiger partial charge is 0.493 e. The average molecular weight is 352 g/mol. The lowest BCUT2D eigenvalue weighted by atomic mass is 10.1. The van der Waals surface area contributed by atoms with Crippen molar-refractivity contribution in [3.8, 4) is 11.5 Å². The summed E-state index contributed by atoms with van der Waals surface area (Å²) in [5, 5.41) is 12.2. The average Bonchev–Trinajstić information content (AvgIpc) is 2.56. The number of carboxylic acids is 1. The van der Waals surface area contributed by atoms with E-state index in [9.17, 15) is 4.79 Å². The highest BCUT2D eigenvalue weighted by Gasteiger charge is 2.05. The molecular formula is C18H22ClNO4. The number of nitrogens with one attached hydrogen (secondary N) is 1. The Balaban J connectivity index is 0.00000288. The number of carbonyl (C=O) groups is 1. The van der Waals surface area contributed by atoms with Gasteiger partial charge in [-0.2, -0.15) is 0 Å². The number of aromatic carboxylic acids is 1. The molecule has 0 saturated carbocycles. The lowest BCUT2D eigenvalue weighted by Gasteiger charge is -2.11. The third kappa shape index (κ3) is 5.44. The Bertz CT molecular complexity index is 659. The standard InChI is InChI=1S/C18H21NO4.ClH/c1-3-23-16-9-6-14(10-17(16)22-2)12-19-11-13-4-7-15(8-5-13)18(20)21;/h4-10,19H,3,11-12H2,1-2H3,(H,20,21);1H. The van der Waals surface area contributed by atoms with Gasteiger partial charge in [0.15, 0.2) is 11.5 Å². The number of carboxylic acid groups (broad SMARTS) is 1. The number of ether oxygens (including phenoxy) is 2. The van der Waals surface area contributed by atoms with Crippen molar-refractivity contribution in [2.75, 3.05) is 13.7 Å². The van der Waals surface area contributed by atoms with Gasteiger partial charge in [0.25, 0.3) is 0 Å². The minimum atomic E-state index is -0.911. The van der Waals surface area contributed by atoms with Gasteiger partial charge in [0.05, 0.1) is 19.3 Å². The number of benzene rings is 2. The molecule has 0 atom stereocenters. The van der Waals surface area contributed by atoms with E-state index in [0.29, 0.717) is 25.3 Å². The SMILES string of the molecule is CCOc1ccc(CNCc2ccc(C(=O)O)cc2)cc1OC.Cl. The van der Waals surface area contributed by atoms with Crippen LogP contribution in [0, 0.1) is 0 Å². The van der Waals surface area contributed by atoms with Gasteiger partial charge < -0.3 is 19.9 Å². The molecule has 0 spiro atoms. The molecule has 2 rings (SSSR count). The van der Waals surface area contributed by atoms with Crippen molar-refractivity contribution in [1.29, 1.82) is 0 Å². The molecule has 24 heavy (non-hydrogen) atoms. The fourth-order valence-electron chi connectivity index (χ4n) is 2.21. The molecule has 0 aliphatic carbocycles. The van der Waals surface area contributed by atoms with Gasteiger partial charge in [-0.05, 0) is 42.3 Å². The summed E-state index contributed by atoms with van der Waals surface area (Å²) in [5.41, 5.74) is 2.42. The van der Waals surface area contributed by atoms with Crippen molar-refractivity contribution < 1.29 is 19.4 Å². The highest BCUT2D eigenvalue weighted by atomic mass is 35.5. The van der Waals surface area contributed by atoms with E-state index in [1.54, 1.807) is 19.2 Å². The van der Waals surface area contributed by atoms with Crippen LogP contribution in [0.5, 0.6) is 11.5 Å². The van der Waals surface area contributed by atoms with Crippen LogP contribution in [-0.4, -0.2) is 24.8 Å². The Morgan fingerprint density at radius 2 is 1.67 bits per heavy atom. The van der Waals surface area contributed by atoms with Gasteiger partial charge >= 0.3 is 5.97 Å². The summed E-state index contributed by atoms with van der Waals surface area (Å²) in [5.74, 6) is 0.547. The first kappa shape index (κ1) is 19.8. The second kappa shape index (κ2) is 9.80. The van der Waals surface area contributed by atoms with E-state index in [-0.39, 0.29) is 12.4 Å². The van der Waals surface area contributed by atoms with Crippen LogP contribution >= 0.6 is 12.4 Å². The molecule has 0 amide bonds. The van der Waals surface area contributed by atoms with Gasteiger partial charge in [0.1, 0.15) is 0 Å². The molecule has 0 aliphatic heterocycles. The first-order valence-corrected chi connectivity index (χ1v) is 7.46. The molecule has 5 nitrogen and oxygen atoms in total. The Morgan fingerprint density at radius 3 is 2.25 bits per heavy atom. The lowest BCUT2D eigenvalue weighted by molar-refractivity contribution is 0.0697. The monoisotopic (exact) mass is 351 g/mol. The zero-order chi connectivity index (χ0) is 16.7. The molecule has 2 aromatic rings. The van der Waals surface area contributed by atoms with Crippen molar-refractivity contribution in [3.63, 3.8) is 0 Å². The van der Waals surface area contributed by atoms with E-state index in [0.717, 1.165) is 22.6 Å². The summed E-state index contributed by atoms with van der Waals surface area (Å²) in [6.45, 7) is 3.88. The normalized spacial score (nSPS) is 9.92. The molecule has 0 unspecified atom stereocenters. The van der Waals surface area contributed by atoms with Crippen molar-refractivity contribution >= 4 is 18.4 Å². The summed E-state index contributed by atoms with van der Waals surface area (Å²) < 4.78 is 10.8. The lowest BCUT2D eigenvalue weighted by Crippen LogP contribution is -2.13. The summed E-state index contributed by atoms with van der Waals surface area (Å²) in [7, 11) is 1.62. The Kier molecular flexibility index (Phi) is 8.09. The topological polar surface area (TPSA) is 67.8 Å². The van der Waals surface area contributed by atoms with Crippen LogP contribution in [0.3, 0.4) is 0 Å². The van der Waals surface area contributed by atoms with Gasteiger partial charge in [-0.3, -0.25) is 0 Å². The summed E-state index contributed by atoms with van der Waals surface area (Å²) in [6.07, 6.45) is 0. The first-order valence-electron chi connectivity index (χ1n) is 7.46. The van der Waals surface area contributed by atoms with Crippen molar-refractivity contribution in [3.05, 3.63) is 59.2 Å². The van der Waals surface area contributed by atoms with Crippen LogP contribution in [-0.2, 0) is 13.1 Å². The Labute approximate surface area is 148 Å². The van der Waals surface area contributed by atoms with Crippen LogP contribution < -0.4 is 14.8 Å². The first-order chi connectivity index (χ1) is 11.1. The van der Waals surface area contributed by atoms with Crippen LogP contribution in [0.4, 0.5) is 0 Å². The number of rotatable bonds is 8. The van der Waals surface area contributed by atoms with E-state index in [2.05, 4.69) is 5.32 Å². The quantitative estimate of drug-likeness (QED) is 0.761. The highest BCUT2D eigenvalue weighted by molar-refractivity contribution is 5.87. The Morgan fingerprint density at radius 1 is 1.04 bits per heavy atom. The van der Waals surface area contributed by atoms with E-state index in [4.69, 9.17) is 14.6 Å². The third-order valence-corrected chi connectivity index (χ3v) is 3.39. The maximum absolute atomic E-state index is 10.8. The molecule has 0 aromatic heterocycles. The van der Waals surface area contributed by atoms with E-state index in [1.165, 1.54) is 0 Å². The third-order valence-electron chi connectivity index (χ3n) is 3.39. The molecule has 2 N–H and O–H groups in total. The molecule has 0 bridgehead atoms. The summed E-state index contributed by atoms with van der Waals surface area (Å²) in [4.78, 5) is 10.8. The predicted molar refractivity (Wildman–Crippen MR) is 95.4 cm³/mol. The minimum Gasteiger partial charge on any atom is -0.493 e. The zero-order valence-electron chi connectivity index (χ0n) is 13.7. The highest BCUT2D eigenvalue weighted by Crippen LogP contribution is 2.27. The van der Waals surface area contributed by atoms with Gasteiger partial charge in [0.2, 0.25) is 0 Å². The van der Waals surface area contributed by atoms with Crippen LogP contribution in [0.1, 0.15) is 28.4 Å². The maximum Gasteiger partial charge on any atom is 0.335 e. The smallest absolute Gasteiger partial charge is 0.335 e. The molecular weight excluding hydrogens is 330 g/mol. The molecule has 130 valence electrons. The van der Waals surface area contributed by atoms with Crippen molar-refractivity contribution in [2.45, 2.75) is 20.0 Å². The summed E-state index contributed by atoms with van der Waals surface area (Å²) in [6, 6.07) is 12.7. The van der Waals surface area contributed by atoms with Gasteiger partial charge in [-0.15, -0.1) is 12.4 Å². The summed E-state index contributed by atoms with van der Waals surface area (Å²) >= 11 is 0. The molecule has 0 saturated heterocycles. The van der Waals surface area contributed by atoms with Crippen LogP contribution in [0.2, 0.25) is 0 Å². The van der Waals surface area contributed by atoms with Crippen molar-refractivity contribution in [2.24, 2.45) is 0 Å². The number of hydrogen-bond donors (Lipinski definition) is 2. The number of halogens is 1. The molecule has 0 aliphatic rings. The molecule has 0 heterocycles. The second-order valence-corrected chi connectivity index (χ2v) is 5.02. The van der Waals surface area contributed by atoms with Crippen LogP contribution in [0.25, 0.3) is 0 Å². The predicted octanol–water partition coefficient (Wildman–Crippen LogP) is 3.50. The number of methoxy groups -OCH3 is 1. The molecule has 2 aromatic carbocycles.